The molecule has 1 aromatic heterocycles. The zero-order valence-corrected chi connectivity index (χ0v) is 17.8. The fourth-order valence-corrected chi connectivity index (χ4v) is 3.66. The molecule has 0 saturated carbocycles. The fourth-order valence-electron chi connectivity index (χ4n) is 3.66. The molecule has 1 aromatic carbocycles. The molecule has 1 unspecified atom stereocenters. The van der Waals surface area contributed by atoms with Gasteiger partial charge in [0.1, 0.15) is 17.9 Å². The third-order valence-corrected chi connectivity index (χ3v) is 5.10. The van der Waals surface area contributed by atoms with Crippen LogP contribution in [-0.2, 0) is 9.53 Å². The van der Waals surface area contributed by atoms with Gasteiger partial charge in [-0.1, -0.05) is 6.07 Å². The molecule has 0 bridgehead atoms. The second-order valence-corrected chi connectivity index (χ2v) is 7.50. The zero-order chi connectivity index (χ0) is 22.2. The number of nitrogens with one attached hydrogen (secondary N) is 1. The second kappa shape index (κ2) is 10.8. The molecule has 166 valence electrons. The summed E-state index contributed by atoms with van der Waals surface area (Å²) in [5.41, 5.74) is 2.79. The average Bonchev–Trinajstić information content (AvgIpc) is 2.74. The lowest BCUT2D eigenvalue weighted by Gasteiger charge is -2.32. The van der Waals surface area contributed by atoms with Gasteiger partial charge in [-0.15, -0.1) is 10.2 Å². The van der Waals surface area contributed by atoms with Crippen LogP contribution in [0.5, 0.6) is 5.75 Å². The Bertz CT molecular complexity index is 921. The van der Waals surface area contributed by atoms with Crippen LogP contribution in [0.15, 0.2) is 24.3 Å². The third kappa shape index (κ3) is 6.22. The molecular formula is C22H28N4O5. The van der Waals surface area contributed by atoms with E-state index in [-0.39, 0.29) is 19.4 Å². The van der Waals surface area contributed by atoms with Gasteiger partial charge in [-0.2, -0.15) is 0 Å². The Labute approximate surface area is 181 Å². The number of aliphatic carboxylic acids is 1. The molecule has 9 nitrogen and oxygen atoms in total. The molecule has 0 aliphatic carbocycles. The topological polar surface area (TPSA) is 114 Å². The Balaban J connectivity index is 1.76. The Morgan fingerprint density at radius 3 is 2.90 bits per heavy atom. The molecule has 1 aliphatic heterocycles. The fraction of sp³-hybridized carbons (Fsp3) is 0.455. The molecule has 1 atom stereocenters. The van der Waals surface area contributed by atoms with Crippen LogP contribution in [0.4, 0.5) is 5.82 Å². The highest BCUT2D eigenvalue weighted by molar-refractivity contribution is 5.80. The summed E-state index contributed by atoms with van der Waals surface area (Å²) in [6.07, 6.45) is 2.64. The quantitative estimate of drug-likeness (QED) is 0.335. The van der Waals surface area contributed by atoms with Crippen LogP contribution in [0, 0.1) is 6.92 Å². The van der Waals surface area contributed by atoms with Crippen LogP contribution < -0.4 is 10.1 Å². The lowest BCUT2D eigenvalue weighted by Crippen LogP contribution is -2.44. The first kappa shape index (κ1) is 22.6. The SMILES string of the molecule is CCOCOc1cc(C=O)ccc1-c1nnc(NC2CCCN(CC(=O)O)C2)cc1C. The van der Waals surface area contributed by atoms with Crippen molar-refractivity contribution >= 4 is 18.1 Å². The largest absolute Gasteiger partial charge is 0.480 e. The van der Waals surface area contributed by atoms with Gasteiger partial charge in [0, 0.05) is 30.3 Å². The minimum atomic E-state index is -0.816. The summed E-state index contributed by atoms with van der Waals surface area (Å²) in [6, 6.07) is 7.19. The number of hydrogen-bond acceptors (Lipinski definition) is 8. The molecule has 2 heterocycles. The van der Waals surface area contributed by atoms with Gasteiger partial charge in [-0.25, -0.2) is 0 Å². The maximum atomic E-state index is 11.2. The number of benzene rings is 1. The van der Waals surface area contributed by atoms with Crippen LogP contribution in [0.1, 0.15) is 35.7 Å². The summed E-state index contributed by atoms with van der Waals surface area (Å²) < 4.78 is 11.0. The highest BCUT2D eigenvalue weighted by Crippen LogP contribution is 2.32. The number of ether oxygens (including phenoxy) is 2. The standard InChI is InChI=1S/C22H28N4O5/c1-3-30-14-31-19-10-16(13-27)6-7-18(19)22-15(2)9-20(24-25-22)23-17-5-4-8-26(11-17)12-21(28)29/h6-7,9-10,13,17H,3-5,8,11-12,14H2,1-2H3,(H,23,24)(H,28,29). The number of nitrogens with zero attached hydrogens (tertiary/aromatic N) is 3. The molecule has 1 saturated heterocycles. The summed E-state index contributed by atoms with van der Waals surface area (Å²) in [5, 5.41) is 21.1. The maximum Gasteiger partial charge on any atom is 0.317 e. The number of carbonyl (C=O) groups excluding carboxylic acids is 1. The molecule has 0 amide bonds. The van der Waals surface area contributed by atoms with Crippen molar-refractivity contribution in [3.8, 4) is 17.0 Å². The number of anilines is 1. The number of carboxylic acid groups (broad SMARTS) is 1. The number of aryl methyl sites for hydroxylation is 1. The second-order valence-electron chi connectivity index (χ2n) is 7.50. The molecule has 2 N–H and O–H groups in total. The van der Waals surface area contributed by atoms with Crippen molar-refractivity contribution in [2.24, 2.45) is 0 Å². The van der Waals surface area contributed by atoms with Crippen molar-refractivity contribution in [3.63, 3.8) is 0 Å². The van der Waals surface area contributed by atoms with E-state index >= 15 is 0 Å². The highest BCUT2D eigenvalue weighted by Gasteiger charge is 2.22. The van der Waals surface area contributed by atoms with E-state index in [9.17, 15) is 9.59 Å². The van der Waals surface area contributed by atoms with E-state index in [0.29, 0.717) is 36.0 Å². The summed E-state index contributed by atoms with van der Waals surface area (Å²) in [6.45, 7) is 5.89. The van der Waals surface area contributed by atoms with E-state index < -0.39 is 5.97 Å². The minimum Gasteiger partial charge on any atom is -0.480 e. The van der Waals surface area contributed by atoms with Crippen molar-refractivity contribution in [3.05, 3.63) is 35.4 Å². The first-order valence-electron chi connectivity index (χ1n) is 10.3. The zero-order valence-electron chi connectivity index (χ0n) is 17.8. The average molecular weight is 428 g/mol. The third-order valence-electron chi connectivity index (χ3n) is 5.10. The monoisotopic (exact) mass is 428 g/mol. The van der Waals surface area contributed by atoms with Crippen molar-refractivity contribution in [2.75, 3.05) is 38.4 Å². The van der Waals surface area contributed by atoms with E-state index in [2.05, 4.69) is 15.5 Å². The number of rotatable bonds is 10. The number of aromatic nitrogens is 2. The van der Waals surface area contributed by atoms with Gasteiger partial charge in [-0.3, -0.25) is 14.5 Å². The smallest absolute Gasteiger partial charge is 0.317 e. The normalized spacial score (nSPS) is 16.6. The number of aldehydes is 1. The summed E-state index contributed by atoms with van der Waals surface area (Å²) in [4.78, 5) is 24.1. The van der Waals surface area contributed by atoms with E-state index in [1.807, 2.05) is 24.8 Å². The van der Waals surface area contributed by atoms with E-state index in [0.717, 1.165) is 36.8 Å². The Morgan fingerprint density at radius 1 is 1.35 bits per heavy atom. The van der Waals surface area contributed by atoms with Crippen LogP contribution >= 0.6 is 0 Å². The van der Waals surface area contributed by atoms with Crippen molar-refractivity contribution in [2.45, 2.75) is 32.7 Å². The van der Waals surface area contributed by atoms with Gasteiger partial charge in [0.05, 0.1) is 12.2 Å². The van der Waals surface area contributed by atoms with Gasteiger partial charge in [0.25, 0.3) is 0 Å². The maximum absolute atomic E-state index is 11.2. The number of likely N-dealkylation sites (tertiary alicyclic amines) is 1. The number of carbonyl (C=O) groups is 2. The molecule has 1 fully saturated rings. The molecule has 0 radical (unpaired) electrons. The Hall–Kier alpha value is -3.04. The van der Waals surface area contributed by atoms with E-state index in [1.165, 1.54) is 0 Å². The van der Waals surface area contributed by atoms with E-state index in [4.69, 9.17) is 14.6 Å². The van der Waals surface area contributed by atoms with Crippen LogP contribution in [0.25, 0.3) is 11.3 Å². The van der Waals surface area contributed by atoms with Crippen molar-refractivity contribution in [1.29, 1.82) is 0 Å². The van der Waals surface area contributed by atoms with Crippen LogP contribution in [0.3, 0.4) is 0 Å². The molecule has 3 rings (SSSR count). The summed E-state index contributed by atoms with van der Waals surface area (Å²) in [7, 11) is 0. The predicted molar refractivity (Wildman–Crippen MR) is 115 cm³/mol. The first-order chi connectivity index (χ1) is 15.0. The summed E-state index contributed by atoms with van der Waals surface area (Å²) in [5.74, 6) is 0.334. The number of carboxylic acids is 1. The molecular weight excluding hydrogens is 400 g/mol. The van der Waals surface area contributed by atoms with Crippen molar-refractivity contribution < 1.29 is 24.2 Å². The Morgan fingerprint density at radius 2 is 2.19 bits per heavy atom. The molecule has 1 aliphatic rings. The van der Waals surface area contributed by atoms with E-state index in [1.54, 1.807) is 18.2 Å². The van der Waals surface area contributed by atoms with Gasteiger partial charge in [0.2, 0.25) is 0 Å². The first-order valence-corrected chi connectivity index (χ1v) is 10.3. The van der Waals surface area contributed by atoms with Crippen LogP contribution in [-0.4, -0.2) is 71.5 Å². The van der Waals surface area contributed by atoms with Crippen LogP contribution in [0.2, 0.25) is 0 Å². The van der Waals surface area contributed by atoms with Gasteiger partial charge in [0.15, 0.2) is 6.79 Å². The lowest BCUT2D eigenvalue weighted by atomic mass is 10.0. The Kier molecular flexibility index (Phi) is 7.91. The minimum absolute atomic E-state index is 0.0448. The summed E-state index contributed by atoms with van der Waals surface area (Å²) >= 11 is 0. The predicted octanol–water partition coefficient (Wildman–Crippen LogP) is 2.60. The van der Waals surface area contributed by atoms with Gasteiger partial charge in [-0.05, 0) is 57.0 Å². The molecule has 2 aromatic rings. The van der Waals surface area contributed by atoms with Gasteiger partial charge < -0.3 is 19.9 Å². The molecule has 0 spiro atoms. The molecule has 31 heavy (non-hydrogen) atoms. The van der Waals surface area contributed by atoms with Crippen molar-refractivity contribution in [1.82, 2.24) is 15.1 Å². The number of hydrogen-bond donors (Lipinski definition) is 2. The lowest BCUT2D eigenvalue weighted by molar-refractivity contribution is -0.138. The molecule has 9 heteroatoms. The number of piperidine rings is 1. The highest BCUT2D eigenvalue weighted by atomic mass is 16.7. The van der Waals surface area contributed by atoms with Gasteiger partial charge >= 0.3 is 5.97 Å².